The number of nitrogens with one attached hydrogen (secondary N) is 2. The van der Waals surface area contributed by atoms with Gasteiger partial charge in [0.05, 0.1) is 19.2 Å². The Kier molecular flexibility index (Phi) is 7.12. The molecule has 7 heteroatoms. The summed E-state index contributed by atoms with van der Waals surface area (Å²) in [5, 5.41) is 5.23. The number of hydrogen-bond donors (Lipinski definition) is 2. The number of rotatable bonds is 5. The van der Waals surface area contributed by atoms with Gasteiger partial charge in [0.2, 0.25) is 0 Å². The molecule has 0 unspecified atom stereocenters. The van der Waals surface area contributed by atoms with E-state index in [0.717, 1.165) is 23.4 Å². The Bertz CT molecular complexity index is 822. The van der Waals surface area contributed by atoms with Gasteiger partial charge in [-0.15, -0.1) is 0 Å². The average Bonchev–Trinajstić information content (AvgIpc) is 2.65. The van der Waals surface area contributed by atoms with Crippen molar-refractivity contribution in [3.05, 3.63) is 65.2 Å². The summed E-state index contributed by atoms with van der Waals surface area (Å²) in [5.74, 6) is 6.00. The van der Waals surface area contributed by atoms with Crippen LogP contribution in [0, 0.1) is 11.8 Å². The number of carbonyl (C=O) groups excluding carboxylic acids is 1. The van der Waals surface area contributed by atoms with Gasteiger partial charge in [-0.2, -0.15) is 13.2 Å². The Labute approximate surface area is 155 Å². The largest absolute Gasteiger partial charge is 0.497 e. The van der Waals surface area contributed by atoms with Crippen LogP contribution < -0.4 is 15.4 Å². The van der Waals surface area contributed by atoms with Crippen molar-refractivity contribution in [2.75, 3.05) is 20.2 Å². The number of amides is 2. The minimum Gasteiger partial charge on any atom is -0.497 e. The van der Waals surface area contributed by atoms with Crippen LogP contribution in [0.2, 0.25) is 0 Å². The van der Waals surface area contributed by atoms with Crippen LogP contribution in [-0.4, -0.2) is 26.2 Å². The van der Waals surface area contributed by atoms with Crippen molar-refractivity contribution >= 4 is 6.03 Å². The van der Waals surface area contributed by atoms with Crippen LogP contribution >= 0.6 is 0 Å². The van der Waals surface area contributed by atoms with Crippen LogP contribution in [0.25, 0.3) is 0 Å². The van der Waals surface area contributed by atoms with Gasteiger partial charge < -0.3 is 15.4 Å². The Morgan fingerprint density at radius 3 is 2.52 bits per heavy atom. The molecule has 0 saturated carbocycles. The number of alkyl halides is 3. The topological polar surface area (TPSA) is 50.4 Å². The van der Waals surface area contributed by atoms with Crippen LogP contribution in [0.1, 0.15) is 16.7 Å². The maximum Gasteiger partial charge on any atom is 0.416 e. The quantitative estimate of drug-likeness (QED) is 0.784. The molecule has 0 aliphatic carbocycles. The predicted octanol–water partition coefficient (Wildman–Crippen LogP) is 3.61. The summed E-state index contributed by atoms with van der Waals surface area (Å²) in [4.78, 5) is 11.7. The van der Waals surface area contributed by atoms with E-state index in [1.807, 2.05) is 24.3 Å². The highest BCUT2D eigenvalue weighted by atomic mass is 19.4. The zero-order valence-electron chi connectivity index (χ0n) is 14.7. The van der Waals surface area contributed by atoms with E-state index in [1.54, 1.807) is 7.11 Å². The van der Waals surface area contributed by atoms with E-state index in [9.17, 15) is 18.0 Å². The first-order valence-corrected chi connectivity index (χ1v) is 8.19. The molecule has 2 amide bonds. The normalized spacial score (nSPS) is 10.5. The van der Waals surface area contributed by atoms with Crippen LogP contribution in [0.5, 0.6) is 5.75 Å². The first-order chi connectivity index (χ1) is 12.9. The van der Waals surface area contributed by atoms with E-state index in [-0.39, 0.29) is 18.1 Å². The Balaban J connectivity index is 1.72. The van der Waals surface area contributed by atoms with Crippen molar-refractivity contribution in [2.24, 2.45) is 0 Å². The second-order valence-electron chi connectivity index (χ2n) is 5.59. The molecule has 2 rings (SSSR count). The lowest BCUT2D eigenvalue weighted by Gasteiger charge is -2.06. The monoisotopic (exact) mass is 376 g/mol. The van der Waals surface area contributed by atoms with Crippen LogP contribution in [0.3, 0.4) is 0 Å². The van der Waals surface area contributed by atoms with E-state index in [4.69, 9.17) is 4.74 Å². The Morgan fingerprint density at radius 2 is 1.85 bits per heavy atom. The van der Waals surface area contributed by atoms with Gasteiger partial charge in [0, 0.05) is 12.1 Å². The second-order valence-corrected chi connectivity index (χ2v) is 5.59. The van der Waals surface area contributed by atoms with Crippen LogP contribution in [0.4, 0.5) is 18.0 Å². The standard InChI is InChI=1S/C20H19F3N2O2/c1-27-18-9-7-15(8-10-18)11-13-25-19(26)24-12-3-5-16-4-2-6-17(14-16)20(21,22)23/h2,4,6-10,14H,11-13H2,1H3,(H2,24,25,26). The molecule has 4 nitrogen and oxygen atoms in total. The maximum absolute atomic E-state index is 12.6. The molecule has 27 heavy (non-hydrogen) atoms. The zero-order valence-corrected chi connectivity index (χ0v) is 14.7. The van der Waals surface area contributed by atoms with Crippen molar-refractivity contribution in [3.63, 3.8) is 0 Å². The number of ether oxygens (including phenoxy) is 1. The van der Waals surface area contributed by atoms with E-state index in [0.29, 0.717) is 13.0 Å². The number of methoxy groups -OCH3 is 1. The zero-order chi connectivity index (χ0) is 19.7. The van der Waals surface area contributed by atoms with Crippen molar-refractivity contribution in [2.45, 2.75) is 12.6 Å². The molecule has 2 N–H and O–H groups in total. The predicted molar refractivity (Wildman–Crippen MR) is 96.4 cm³/mol. The highest BCUT2D eigenvalue weighted by Gasteiger charge is 2.30. The van der Waals surface area contributed by atoms with E-state index in [2.05, 4.69) is 22.5 Å². The summed E-state index contributed by atoms with van der Waals surface area (Å²) in [7, 11) is 1.59. The highest BCUT2D eigenvalue weighted by Crippen LogP contribution is 2.29. The molecule has 142 valence electrons. The fourth-order valence-electron chi connectivity index (χ4n) is 2.22. The van der Waals surface area contributed by atoms with Gasteiger partial charge >= 0.3 is 12.2 Å². The third kappa shape index (κ3) is 6.94. The highest BCUT2D eigenvalue weighted by molar-refractivity contribution is 5.74. The first kappa shape index (κ1) is 20.2. The van der Waals surface area contributed by atoms with Gasteiger partial charge in [0.15, 0.2) is 0 Å². The van der Waals surface area contributed by atoms with Crippen LogP contribution in [0.15, 0.2) is 48.5 Å². The first-order valence-electron chi connectivity index (χ1n) is 8.19. The van der Waals surface area contributed by atoms with Gasteiger partial charge in [-0.3, -0.25) is 0 Å². The molecule has 0 aliphatic rings. The molecule has 0 spiro atoms. The SMILES string of the molecule is COc1ccc(CCNC(=O)NCC#Cc2cccc(C(F)(F)F)c2)cc1. The molecule has 0 heterocycles. The molecule has 0 bridgehead atoms. The molecule has 0 atom stereocenters. The molecule has 2 aromatic carbocycles. The fraction of sp³-hybridized carbons (Fsp3) is 0.250. The number of halogens is 3. The lowest BCUT2D eigenvalue weighted by molar-refractivity contribution is -0.137. The summed E-state index contributed by atoms with van der Waals surface area (Å²) in [6, 6.07) is 11.9. The van der Waals surface area contributed by atoms with Crippen molar-refractivity contribution in [1.82, 2.24) is 10.6 Å². The van der Waals surface area contributed by atoms with Gasteiger partial charge in [0.25, 0.3) is 0 Å². The summed E-state index contributed by atoms with van der Waals surface area (Å²) in [6.45, 7) is 0.476. The number of benzene rings is 2. The third-order valence-corrected chi connectivity index (χ3v) is 3.62. The van der Waals surface area contributed by atoms with Gasteiger partial charge in [-0.1, -0.05) is 30.0 Å². The van der Waals surface area contributed by atoms with E-state index >= 15 is 0 Å². The summed E-state index contributed by atoms with van der Waals surface area (Å²) < 4.78 is 42.9. The lowest BCUT2D eigenvalue weighted by Crippen LogP contribution is -2.36. The number of urea groups is 1. The Morgan fingerprint density at radius 1 is 1.11 bits per heavy atom. The summed E-state index contributed by atoms with van der Waals surface area (Å²) in [5.41, 5.74) is 0.547. The molecule has 0 saturated heterocycles. The molecule has 0 fully saturated rings. The van der Waals surface area contributed by atoms with Gasteiger partial charge in [0.1, 0.15) is 5.75 Å². The molecular weight excluding hydrogens is 357 g/mol. The van der Waals surface area contributed by atoms with Gasteiger partial charge in [-0.25, -0.2) is 4.79 Å². The van der Waals surface area contributed by atoms with Crippen molar-refractivity contribution in [1.29, 1.82) is 0 Å². The second kappa shape index (κ2) is 9.53. The van der Waals surface area contributed by atoms with E-state index < -0.39 is 11.7 Å². The average molecular weight is 376 g/mol. The van der Waals surface area contributed by atoms with Crippen molar-refractivity contribution in [3.8, 4) is 17.6 Å². The number of carbonyl (C=O) groups is 1. The van der Waals surface area contributed by atoms with Crippen molar-refractivity contribution < 1.29 is 22.7 Å². The molecule has 0 aliphatic heterocycles. The van der Waals surface area contributed by atoms with Crippen LogP contribution in [-0.2, 0) is 12.6 Å². The molecule has 0 aromatic heterocycles. The molecule has 0 radical (unpaired) electrons. The minimum atomic E-state index is -4.40. The fourth-order valence-corrected chi connectivity index (χ4v) is 2.22. The van der Waals surface area contributed by atoms with E-state index in [1.165, 1.54) is 12.1 Å². The summed E-state index contributed by atoms with van der Waals surface area (Å²) in [6.07, 6.45) is -3.74. The lowest BCUT2D eigenvalue weighted by atomic mass is 10.1. The number of hydrogen-bond acceptors (Lipinski definition) is 2. The smallest absolute Gasteiger partial charge is 0.416 e. The summed E-state index contributed by atoms with van der Waals surface area (Å²) >= 11 is 0. The van der Waals surface area contributed by atoms with Gasteiger partial charge in [-0.05, 0) is 42.3 Å². The third-order valence-electron chi connectivity index (χ3n) is 3.62. The molecular formula is C20H19F3N2O2. The Hall–Kier alpha value is -3.14. The minimum absolute atomic E-state index is 0.0324. The maximum atomic E-state index is 12.6. The molecule has 2 aromatic rings.